The molecule has 284 valence electrons. The Hall–Kier alpha value is -7.59. The molecule has 0 saturated heterocycles. The van der Waals surface area contributed by atoms with E-state index in [-0.39, 0.29) is 0 Å². The number of anilines is 3. The summed E-state index contributed by atoms with van der Waals surface area (Å²) in [5.74, 6) is 0. The van der Waals surface area contributed by atoms with Crippen LogP contribution in [-0.4, -0.2) is 0 Å². The minimum Gasteiger partial charge on any atom is -0.455 e. The van der Waals surface area contributed by atoms with Gasteiger partial charge in [0.2, 0.25) is 0 Å². The summed E-state index contributed by atoms with van der Waals surface area (Å²) in [5.41, 5.74) is 12.5. The molecular weight excluding hydrogens is 759 g/mol. The van der Waals surface area contributed by atoms with Crippen LogP contribution in [-0.2, 0) is 0 Å². The zero-order chi connectivity index (χ0) is 40.0. The number of hydrogen-bond donors (Lipinski definition) is 0. The van der Waals surface area contributed by atoms with E-state index < -0.39 is 0 Å². The average molecular weight is 794 g/mol. The van der Waals surface area contributed by atoms with Gasteiger partial charge in [0.1, 0.15) is 11.2 Å². The predicted octanol–water partition coefficient (Wildman–Crippen LogP) is 17.1. The molecule has 0 fully saturated rings. The van der Waals surface area contributed by atoms with Crippen LogP contribution in [0.4, 0.5) is 17.1 Å². The van der Waals surface area contributed by atoms with E-state index in [0.29, 0.717) is 0 Å². The van der Waals surface area contributed by atoms with Gasteiger partial charge in [-0.3, -0.25) is 0 Å². The second-order valence-corrected chi connectivity index (χ2v) is 17.1. The van der Waals surface area contributed by atoms with Crippen LogP contribution in [0.15, 0.2) is 227 Å². The van der Waals surface area contributed by atoms with Crippen molar-refractivity contribution in [1.29, 1.82) is 0 Å². The average Bonchev–Trinajstić information content (AvgIpc) is 3.71. The Kier molecular flexibility index (Phi) is 7.57. The van der Waals surface area contributed by atoms with Crippen molar-refractivity contribution in [2.45, 2.75) is 9.79 Å². The number of hydrogen-bond acceptors (Lipinski definition) is 3. The molecule has 1 aliphatic heterocycles. The van der Waals surface area contributed by atoms with Crippen molar-refractivity contribution in [3.63, 3.8) is 0 Å². The van der Waals surface area contributed by atoms with Crippen molar-refractivity contribution in [1.82, 2.24) is 0 Å². The number of rotatable bonds is 4. The van der Waals surface area contributed by atoms with Crippen LogP contribution in [0, 0.1) is 0 Å². The van der Waals surface area contributed by atoms with E-state index in [1.54, 1.807) is 0 Å². The molecule has 0 spiro atoms. The highest BCUT2D eigenvalue weighted by atomic mass is 32.2. The van der Waals surface area contributed by atoms with Crippen LogP contribution < -0.4 is 4.90 Å². The second kappa shape index (κ2) is 13.5. The zero-order valence-corrected chi connectivity index (χ0v) is 33.8. The van der Waals surface area contributed by atoms with Gasteiger partial charge in [-0.15, -0.1) is 0 Å². The third-order valence-corrected chi connectivity index (χ3v) is 13.8. The highest BCUT2D eigenvalue weighted by Gasteiger charge is 2.27. The highest BCUT2D eigenvalue weighted by molar-refractivity contribution is 8.00. The second-order valence-electron chi connectivity index (χ2n) is 16.0. The van der Waals surface area contributed by atoms with Gasteiger partial charge in [-0.1, -0.05) is 169 Å². The molecule has 0 bridgehead atoms. The molecular formula is C58H35NOS. The maximum atomic E-state index is 6.50. The Bertz CT molecular complexity index is 3750. The first-order chi connectivity index (χ1) is 30.2. The molecule has 0 unspecified atom stereocenters. The third kappa shape index (κ3) is 5.44. The molecule has 11 aromatic carbocycles. The van der Waals surface area contributed by atoms with Gasteiger partial charge < -0.3 is 9.32 Å². The van der Waals surface area contributed by atoms with E-state index >= 15 is 0 Å². The number of benzene rings is 11. The minimum atomic E-state index is 0.904. The van der Waals surface area contributed by atoms with Crippen LogP contribution in [0.5, 0.6) is 0 Å². The van der Waals surface area contributed by atoms with E-state index in [9.17, 15) is 0 Å². The fourth-order valence-corrected chi connectivity index (χ4v) is 10.8. The molecule has 0 atom stereocenters. The van der Waals surface area contributed by atoms with Crippen LogP contribution in [0.2, 0.25) is 0 Å². The smallest absolute Gasteiger partial charge is 0.143 e. The monoisotopic (exact) mass is 793 g/mol. The van der Waals surface area contributed by atoms with Gasteiger partial charge in [-0.25, -0.2) is 0 Å². The maximum Gasteiger partial charge on any atom is 0.143 e. The summed E-state index contributed by atoms with van der Waals surface area (Å²) >= 11 is 1.87. The van der Waals surface area contributed by atoms with Gasteiger partial charge in [0.25, 0.3) is 0 Å². The van der Waals surface area contributed by atoms with Crippen LogP contribution in [0.3, 0.4) is 0 Å². The lowest BCUT2D eigenvalue weighted by Crippen LogP contribution is -2.15. The molecule has 2 heterocycles. The molecule has 0 saturated carbocycles. The Morgan fingerprint density at radius 3 is 1.85 bits per heavy atom. The summed E-state index contributed by atoms with van der Waals surface area (Å²) in [6.45, 7) is 0. The Balaban J connectivity index is 0.960. The van der Waals surface area contributed by atoms with E-state index in [4.69, 9.17) is 4.42 Å². The zero-order valence-electron chi connectivity index (χ0n) is 33.0. The first kappa shape index (κ1) is 34.3. The summed E-state index contributed by atoms with van der Waals surface area (Å²) in [5, 5.41) is 12.1. The summed E-state index contributed by atoms with van der Waals surface area (Å²) in [4.78, 5) is 4.97. The van der Waals surface area contributed by atoms with Gasteiger partial charge in [0, 0.05) is 31.6 Å². The largest absolute Gasteiger partial charge is 0.455 e. The fourth-order valence-electron chi connectivity index (χ4n) is 9.64. The molecule has 12 aromatic rings. The highest BCUT2D eigenvalue weighted by Crippen LogP contribution is 2.55. The number of nitrogens with zero attached hydrogens (tertiary/aromatic N) is 1. The van der Waals surface area contributed by atoms with Gasteiger partial charge >= 0.3 is 0 Å². The molecule has 1 aliphatic rings. The first-order valence-electron chi connectivity index (χ1n) is 20.8. The first-order valence-corrected chi connectivity index (χ1v) is 21.6. The number of furan rings is 1. The van der Waals surface area contributed by atoms with Crippen molar-refractivity contribution in [2.24, 2.45) is 0 Å². The van der Waals surface area contributed by atoms with Gasteiger partial charge in [0.05, 0.1) is 11.4 Å². The van der Waals surface area contributed by atoms with E-state index in [1.807, 2.05) is 11.8 Å². The SMILES string of the molecule is c1ccc(-c2cccc3c2ccc2ccc(-c4cccc(N5c6cc(-c7ccc8oc9c%10ccccc%10ccc9c8c7)ccc6Sc6c5ccc5ccccc65)c4)cc23)cc1. The van der Waals surface area contributed by atoms with Crippen molar-refractivity contribution < 1.29 is 4.42 Å². The van der Waals surface area contributed by atoms with Crippen molar-refractivity contribution >= 4 is 93.9 Å². The lowest BCUT2D eigenvalue weighted by Gasteiger charge is -2.34. The van der Waals surface area contributed by atoms with Crippen molar-refractivity contribution in [3.8, 4) is 33.4 Å². The molecule has 3 heteroatoms. The lowest BCUT2D eigenvalue weighted by atomic mass is 9.93. The summed E-state index contributed by atoms with van der Waals surface area (Å²) in [6, 6.07) is 77.7. The van der Waals surface area contributed by atoms with Crippen molar-refractivity contribution in [3.05, 3.63) is 212 Å². The molecule has 2 nitrogen and oxygen atoms in total. The third-order valence-electron chi connectivity index (χ3n) is 12.6. The predicted molar refractivity (Wildman–Crippen MR) is 259 cm³/mol. The molecule has 0 radical (unpaired) electrons. The summed E-state index contributed by atoms with van der Waals surface area (Å²) in [6.07, 6.45) is 0. The molecule has 13 rings (SSSR count). The molecule has 0 aliphatic carbocycles. The topological polar surface area (TPSA) is 16.4 Å². The normalized spacial score (nSPS) is 12.5. The van der Waals surface area contributed by atoms with E-state index in [0.717, 1.165) is 44.1 Å². The Morgan fingerprint density at radius 1 is 0.344 bits per heavy atom. The van der Waals surface area contributed by atoms with E-state index in [2.05, 4.69) is 217 Å². The lowest BCUT2D eigenvalue weighted by molar-refractivity contribution is 0.672. The van der Waals surface area contributed by atoms with E-state index in [1.165, 1.54) is 81.1 Å². The molecule has 0 N–H and O–H groups in total. The summed E-state index contributed by atoms with van der Waals surface area (Å²) in [7, 11) is 0. The van der Waals surface area contributed by atoms with Gasteiger partial charge in [0.15, 0.2) is 0 Å². The summed E-state index contributed by atoms with van der Waals surface area (Å²) < 4.78 is 6.50. The Labute approximate surface area is 356 Å². The van der Waals surface area contributed by atoms with Gasteiger partial charge in [-0.05, 0) is 126 Å². The van der Waals surface area contributed by atoms with Crippen molar-refractivity contribution in [2.75, 3.05) is 4.90 Å². The maximum absolute atomic E-state index is 6.50. The fraction of sp³-hybridized carbons (Fsp3) is 0. The van der Waals surface area contributed by atoms with Crippen LogP contribution in [0.25, 0.3) is 98.4 Å². The quantitative estimate of drug-likeness (QED) is 0.165. The Morgan fingerprint density at radius 2 is 0.967 bits per heavy atom. The van der Waals surface area contributed by atoms with Crippen LogP contribution >= 0.6 is 11.8 Å². The molecule has 61 heavy (non-hydrogen) atoms. The molecule has 1 aromatic heterocycles. The van der Waals surface area contributed by atoms with Gasteiger partial charge in [-0.2, -0.15) is 0 Å². The van der Waals surface area contributed by atoms with Crippen LogP contribution in [0.1, 0.15) is 0 Å². The molecule has 0 amide bonds. The minimum absolute atomic E-state index is 0.904. The number of fused-ring (bicyclic) bond motifs is 12. The standard InChI is InChI=1S/C58H35NOS/c1-2-10-36(11-3-1)45-18-9-19-48-49(45)27-22-39-20-21-41(33-51(39)48)40-14-8-15-44(32-40)59-53-29-24-38-13-5-7-17-47(38)58(53)61-56-31-26-43(35-54(56)59)42-25-30-55-52(34-42)50-28-23-37-12-4-6-16-46(37)57(50)60-55/h1-35H.